The lowest BCUT2D eigenvalue weighted by molar-refractivity contribution is -0.119. The lowest BCUT2D eigenvalue weighted by Gasteiger charge is -2.10. The molecule has 28 heavy (non-hydrogen) atoms. The Bertz CT molecular complexity index is 934. The van der Waals surface area contributed by atoms with Gasteiger partial charge < -0.3 is 10.1 Å². The monoisotopic (exact) mass is 373 g/mol. The highest BCUT2D eigenvalue weighted by Crippen LogP contribution is 2.14. The van der Waals surface area contributed by atoms with Gasteiger partial charge in [-0.15, -0.1) is 0 Å². The molecular formula is C24H23NO3. The van der Waals surface area contributed by atoms with E-state index in [0.717, 1.165) is 24.0 Å². The smallest absolute Gasteiger partial charge is 0.338 e. The number of amides is 1. The number of rotatable bonds is 7. The highest BCUT2D eigenvalue weighted by Gasteiger charge is 2.14. The van der Waals surface area contributed by atoms with Gasteiger partial charge in [-0.2, -0.15) is 0 Å². The third-order valence-electron chi connectivity index (χ3n) is 4.43. The van der Waals surface area contributed by atoms with E-state index in [1.165, 1.54) is 5.56 Å². The second kappa shape index (κ2) is 9.51. The first kappa shape index (κ1) is 19.4. The van der Waals surface area contributed by atoms with Gasteiger partial charge in [0, 0.05) is 5.69 Å². The first-order chi connectivity index (χ1) is 13.6. The number of hydrogen-bond donors (Lipinski definition) is 1. The van der Waals surface area contributed by atoms with Crippen LogP contribution in [0.1, 0.15) is 27.0 Å². The first-order valence-corrected chi connectivity index (χ1v) is 9.27. The molecule has 4 nitrogen and oxygen atoms in total. The summed E-state index contributed by atoms with van der Waals surface area (Å²) < 4.78 is 5.23. The Morgan fingerprint density at radius 2 is 1.50 bits per heavy atom. The molecule has 0 aliphatic heterocycles. The normalized spacial score (nSPS) is 10.3. The summed E-state index contributed by atoms with van der Waals surface area (Å²) in [5, 5.41) is 2.72. The zero-order valence-corrected chi connectivity index (χ0v) is 15.9. The van der Waals surface area contributed by atoms with Crippen molar-refractivity contribution in [2.24, 2.45) is 0 Å². The molecule has 0 aliphatic rings. The molecule has 142 valence electrons. The minimum absolute atomic E-state index is 0.320. The van der Waals surface area contributed by atoms with Gasteiger partial charge in [-0.3, -0.25) is 4.79 Å². The van der Waals surface area contributed by atoms with Crippen LogP contribution in [0.2, 0.25) is 0 Å². The summed E-state index contributed by atoms with van der Waals surface area (Å²) in [6, 6.07) is 24.9. The van der Waals surface area contributed by atoms with Crippen LogP contribution in [0, 0.1) is 6.92 Å². The van der Waals surface area contributed by atoms with Crippen molar-refractivity contribution in [3.8, 4) is 0 Å². The number of carbonyl (C=O) groups excluding carboxylic acids is 2. The molecule has 0 atom stereocenters. The average molecular weight is 373 g/mol. The van der Waals surface area contributed by atoms with E-state index in [9.17, 15) is 9.59 Å². The van der Waals surface area contributed by atoms with Crippen molar-refractivity contribution in [1.82, 2.24) is 0 Å². The molecule has 0 heterocycles. The van der Waals surface area contributed by atoms with Crippen LogP contribution in [0.15, 0.2) is 78.9 Å². The zero-order valence-electron chi connectivity index (χ0n) is 15.9. The van der Waals surface area contributed by atoms with Crippen molar-refractivity contribution >= 4 is 17.6 Å². The van der Waals surface area contributed by atoms with Crippen molar-refractivity contribution < 1.29 is 14.3 Å². The molecule has 0 spiro atoms. The van der Waals surface area contributed by atoms with Crippen LogP contribution in [-0.4, -0.2) is 18.5 Å². The van der Waals surface area contributed by atoms with Gasteiger partial charge in [0.05, 0.1) is 5.56 Å². The number of nitrogens with one attached hydrogen (secondary N) is 1. The van der Waals surface area contributed by atoms with Crippen molar-refractivity contribution in [3.05, 3.63) is 101 Å². The molecule has 0 aromatic heterocycles. The Morgan fingerprint density at radius 1 is 0.821 bits per heavy atom. The topological polar surface area (TPSA) is 55.4 Å². The maximum Gasteiger partial charge on any atom is 0.338 e. The third kappa shape index (κ3) is 5.55. The molecule has 3 aromatic carbocycles. The maximum atomic E-state index is 12.5. The van der Waals surface area contributed by atoms with Gasteiger partial charge in [-0.25, -0.2) is 4.79 Å². The van der Waals surface area contributed by atoms with Gasteiger partial charge >= 0.3 is 5.97 Å². The van der Waals surface area contributed by atoms with Gasteiger partial charge in [0.15, 0.2) is 6.61 Å². The van der Waals surface area contributed by atoms with E-state index in [1.807, 2.05) is 61.5 Å². The highest BCUT2D eigenvalue weighted by molar-refractivity contribution is 5.96. The van der Waals surface area contributed by atoms with E-state index in [0.29, 0.717) is 11.3 Å². The van der Waals surface area contributed by atoms with Crippen molar-refractivity contribution in [1.29, 1.82) is 0 Å². The Hall–Kier alpha value is -3.40. The molecule has 1 N–H and O–H groups in total. The molecular weight excluding hydrogens is 350 g/mol. The van der Waals surface area contributed by atoms with Crippen LogP contribution in [0.4, 0.5) is 5.69 Å². The summed E-state index contributed by atoms with van der Waals surface area (Å²) in [6.07, 6.45) is 1.56. The van der Waals surface area contributed by atoms with Crippen LogP contribution in [-0.2, 0) is 22.4 Å². The highest BCUT2D eigenvalue weighted by atomic mass is 16.5. The van der Waals surface area contributed by atoms with E-state index < -0.39 is 5.97 Å². The fourth-order valence-corrected chi connectivity index (χ4v) is 2.90. The average Bonchev–Trinajstić information content (AvgIpc) is 2.73. The number of carbonyl (C=O) groups is 2. The van der Waals surface area contributed by atoms with Gasteiger partial charge in [0.1, 0.15) is 0 Å². The Kier molecular flexibility index (Phi) is 6.58. The zero-order chi connectivity index (χ0) is 19.8. The molecule has 3 aromatic rings. The van der Waals surface area contributed by atoms with E-state index in [-0.39, 0.29) is 12.5 Å². The predicted octanol–water partition coefficient (Wildman–Crippen LogP) is 4.58. The number of hydrogen-bond acceptors (Lipinski definition) is 3. The maximum absolute atomic E-state index is 12.5. The van der Waals surface area contributed by atoms with Crippen LogP contribution >= 0.6 is 0 Å². The van der Waals surface area contributed by atoms with E-state index >= 15 is 0 Å². The standard InChI is InChI=1S/C24H23NO3/c1-18-11-15-21(16-12-18)25-23(26)17-28-24(27)22-10-6-5-9-20(22)14-13-19-7-3-2-4-8-19/h2-12,15-16H,13-14,17H2,1H3,(H,25,26). The second-order valence-corrected chi connectivity index (χ2v) is 6.63. The summed E-state index contributed by atoms with van der Waals surface area (Å²) in [5.74, 6) is -0.846. The second-order valence-electron chi connectivity index (χ2n) is 6.63. The summed E-state index contributed by atoms with van der Waals surface area (Å²) in [5.41, 5.74) is 4.41. The van der Waals surface area contributed by atoms with Crippen LogP contribution < -0.4 is 5.32 Å². The van der Waals surface area contributed by atoms with E-state index in [4.69, 9.17) is 4.74 Å². The Morgan fingerprint density at radius 3 is 2.25 bits per heavy atom. The number of aryl methyl sites for hydroxylation is 3. The molecule has 0 aliphatic carbocycles. The lowest BCUT2D eigenvalue weighted by atomic mass is 10.00. The molecule has 0 saturated carbocycles. The van der Waals surface area contributed by atoms with E-state index in [2.05, 4.69) is 17.4 Å². The first-order valence-electron chi connectivity index (χ1n) is 9.27. The van der Waals surface area contributed by atoms with Gasteiger partial charge in [-0.05, 0) is 49.1 Å². The summed E-state index contributed by atoms with van der Waals surface area (Å²) >= 11 is 0. The molecule has 0 fully saturated rings. The molecule has 3 rings (SSSR count). The van der Waals surface area contributed by atoms with Gasteiger partial charge in [-0.1, -0.05) is 66.2 Å². The number of ether oxygens (including phenoxy) is 1. The van der Waals surface area contributed by atoms with Crippen LogP contribution in [0.3, 0.4) is 0 Å². The lowest BCUT2D eigenvalue weighted by Crippen LogP contribution is -2.21. The van der Waals surface area contributed by atoms with Gasteiger partial charge in [0.25, 0.3) is 5.91 Å². The van der Waals surface area contributed by atoms with E-state index in [1.54, 1.807) is 12.1 Å². The molecule has 4 heteroatoms. The number of esters is 1. The number of benzene rings is 3. The quantitative estimate of drug-likeness (QED) is 0.617. The molecule has 0 unspecified atom stereocenters. The largest absolute Gasteiger partial charge is 0.452 e. The summed E-state index contributed by atoms with van der Waals surface area (Å²) in [4.78, 5) is 24.5. The Labute approximate surface area is 165 Å². The van der Waals surface area contributed by atoms with Crippen LogP contribution in [0.25, 0.3) is 0 Å². The fourth-order valence-electron chi connectivity index (χ4n) is 2.90. The van der Waals surface area contributed by atoms with Gasteiger partial charge in [0.2, 0.25) is 0 Å². The minimum atomic E-state index is -0.484. The fraction of sp³-hybridized carbons (Fsp3) is 0.167. The van der Waals surface area contributed by atoms with Crippen LogP contribution in [0.5, 0.6) is 0 Å². The van der Waals surface area contributed by atoms with Crippen molar-refractivity contribution in [3.63, 3.8) is 0 Å². The summed E-state index contributed by atoms with van der Waals surface area (Å²) in [7, 11) is 0. The number of anilines is 1. The molecule has 1 amide bonds. The predicted molar refractivity (Wildman–Crippen MR) is 110 cm³/mol. The van der Waals surface area contributed by atoms with Crippen molar-refractivity contribution in [2.75, 3.05) is 11.9 Å². The summed E-state index contributed by atoms with van der Waals surface area (Å²) in [6.45, 7) is 1.66. The molecule has 0 bridgehead atoms. The molecule has 0 radical (unpaired) electrons. The third-order valence-corrected chi connectivity index (χ3v) is 4.43. The molecule has 0 saturated heterocycles. The SMILES string of the molecule is Cc1ccc(NC(=O)COC(=O)c2ccccc2CCc2ccccc2)cc1. The Balaban J connectivity index is 1.56. The minimum Gasteiger partial charge on any atom is -0.452 e. The van der Waals surface area contributed by atoms with Crippen molar-refractivity contribution in [2.45, 2.75) is 19.8 Å².